The SMILES string of the molecule is CNCc1ccc(-c2ccc3ccccc3c2)c(C)c1. The third kappa shape index (κ3) is 2.45. The van der Waals surface area contributed by atoms with Gasteiger partial charge in [-0.15, -0.1) is 0 Å². The molecule has 0 radical (unpaired) electrons. The maximum atomic E-state index is 3.19. The molecule has 100 valence electrons. The van der Waals surface area contributed by atoms with Crippen molar-refractivity contribution in [3.8, 4) is 11.1 Å². The number of aryl methyl sites for hydroxylation is 1. The molecule has 1 N–H and O–H groups in total. The van der Waals surface area contributed by atoms with Crippen molar-refractivity contribution < 1.29 is 0 Å². The second-order valence-corrected chi connectivity index (χ2v) is 5.24. The van der Waals surface area contributed by atoms with Gasteiger partial charge < -0.3 is 5.32 Å². The summed E-state index contributed by atoms with van der Waals surface area (Å²) < 4.78 is 0. The van der Waals surface area contributed by atoms with Crippen LogP contribution in [-0.4, -0.2) is 7.05 Å². The molecular weight excluding hydrogens is 242 g/mol. The average molecular weight is 261 g/mol. The summed E-state index contributed by atoms with van der Waals surface area (Å²) in [4.78, 5) is 0. The van der Waals surface area contributed by atoms with Crippen molar-refractivity contribution in [1.82, 2.24) is 5.32 Å². The van der Waals surface area contributed by atoms with E-state index in [0.29, 0.717) is 0 Å². The molecule has 0 saturated heterocycles. The van der Waals surface area contributed by atoms with Crippen LogP contribution in [0.5, 0.6) is 0 Å². The van der Waals surface area contributed by atoms with Gasteiger partial charge in [0.25, 0.3) is 0 Å². The molecule has 1 heteroatoms. The fraction of sp³-hybridized carbons (Fsp3) is 0.158. The Morgan fingerprint density at radius 3 is 2.40 bits per heavy atom. The van der Waals surface area contributed by atoms with Gasteiger partial charge in [0.2, 0.25) is 0 Å². The Morgan fingerprint density at radius 2 is 1.65 bits per heavy atom. The van der Waals surface area contributed by atoms with E-state index in [4.69, 9.17) is 0 Å². The molecule has 3 aromatic rings. The molecule has 0 fully saturated rings. The van der Waals surface area contributed by atoms with E-state index in [9.17, 15) is 0 Å². The van der Waals surface area contributed by atoms with Gasteiger partial charge in [-0.1, -0.05) is 54.6 Å². The molecule has 20 heavy (non-hydrogen) atoms. The van der Waals surface area contributed by atoms with Gasteiger partial charge in [0, 0.05) is 6.54 Å². The number of fused-ring (bicyclic) bond motifs is 1. The van der Waals surface area contributed by atoms with Crippen LogP contribution in [-0.2, 0) is 6.54 Å². The van der Waals surface area contributed by atoms with Crippen LogP contribution in [0.2, 0.25) is 0 Å². The lowest BCUT2D eigenvalue weighted by Crippen LogP contribution is -2.05. The van der Waals surface area contributed by atoms with Gasteiger partial charge in [-0.2, -0.15) is 0 Å². The Balaban J connectivity index is 2.06. The predicted molar refractivity (Wildman–Crippen MR) is 86.9 cm³/mol. The van der Waals surface area contributed by atoms with Crippen LogP contribution < -0.4 is 5.32 Å². The van der Waals surface area contributed by atoms with E-state index in [2.05, 4.69) is 72.9 Å². The first kappa shape index (κ1) is 12.9. The molecule has 0 heterocycles. The van der Waals surface area contributed by atoms with Crippen molar-refractivity contribution in [1.29, 1.82) is 0 Å². The van der Waals surface area contributed by atoms with Crippen molar-refractivity contribution in [2.24, 2.45) is 0 Å². The quantitative estimate of drug-likeness (QED) is 0.730. The summed E-state index contributed by atoms with van der Waals surface area (Å²) in [5, 5.41) is 5.78. The number of nitrogens with one attached hydrogen (secondary N) is 1. The molecule has 0 atom stereocenters. The summed E-state index contributed by atoms with van der Waals surface area (Å²) >= 11 is 0. The lowest BCUT2D eigenvalue weighted by Gasteiger charge is -2.10. The monoisotopic (exact) mass is 261 g/mol. The molecule has 0 aliphatic heterocycles. The van der Waals surface area contributed by atoms with E-state index >= 15 is 0 Å². The predicted octanol–water partition coefficient (Wildman–Crippen LogP) is 4.53. The standard InChI is InChI=1S/C19H19N/c1-14-11-15(13-20-2)7-10-19(14)18-9-8-16-5-3-4-6-17(16)12-18/h3-12,20H,13H2,1-2H3. The van der Waals surface area contributed by atoms with Crippen LogP contribution in [0.3, 0.4) is 0 Å². The van der Waals surface area contributed by atoms with Gasteiger partial charge in [-0.05, 0) is 53.1 Å². The third-order valence-electron chi connectivity index (χ3n) is 3.73. The van der Waals surface area contributed by atoms with Crippen LogP contribution in [0.1, 0.15) is 11.1 Å². The molecule has 0 amide bonds. The first-order valence-electron chi connectivity index (χ1n) is 7.01. The van der Waals surface area contributed by atoms with Crippen molar-refractivity contribution in [2.75, 3.05) is 7.05 Å². The molecule has 0 bridgehead atoms. The first-order chi connectivity index (χ1) is 9.78. The van der Waals surface area contributed by atoms with E-state index in [1.807, 2.05) is 7.05 Å². The van der Waals surface area contributed by atoms with Crippen LogP contribution >= 0.6 is 0 Å². The number of hydrogen-bond donors (Lipinski definition) is 1. The minimum absolute atomic E-state index is 0.916. The maximum absolute atomic E-state index is 3.19. The fourth-order valence-corrected chi connectivity index (χ4v) is 2.72. The van der Waals surface area contributed by atoms with Crippen LogP contribution in [0.25, 0.3) is 21.9 Å². The Morgan fingerprint density at radius 1 is 0.850 bits per heavy atom. The van der Waals surface area contributed by atoms with Gasteiger partial charge in [-0.3, -0.25) is 0 Å². The smallest absolute Gasteiger partial charge is 0.0202 e. The van der Waals surface area contributed by atoms with E-state index < -0.39 is 0 Å². The second kappa shape index (κ2) is 5.48. The number of hydrogen-bond acceptors (Lipinski definition) is 1. The van der Waals surface area contributed by atoms with Crippen molar-refractivity contribution in [2.45, 2.75) is 13.5 Å². The lowest BCUT2D eigenvalue weighted by atomic mass is 9.96. The Bertz CT molecular complexity index is 744. The van der Waals surface area contributed by atoms with Crippen LogP contribution in [0.15, 0.2) is 60.7 Å². The highest BCUT2D eigenvalue weighted by Gasteiger charge is 2.04. The Labute approximate surface area is 120 Å². The normalized spacial score (nSPS) is 10.9. The van der Waals surface area contributed by atoms with Gasteiger partial charge >= 0.3 is 0 Å². The topological polar surface area (TPSA) is 12.0 Å². The van der Waals surface area contributed by atoms with Crippen molar-refractivity contribution in [3.63, 3.8) is 0 Å². The lowest BCUT2D eigenvalue weighted by molar-refractivity contribution is 0.817. The molecular formula is C19H19N. The average Bonchev–Trinajstić information content (AvgIpc) is 2.47. The summed E-state index contributed by atoms with van der Waals surface area (Å²) in [7, 11) is 1.98. The molecule has 0 spiro atoms. The second-order valence-electron chi connectivity index (χ2n) is 5.24. The maximum Gasteiger partial charge on any atom is 0.0202 e. The van der Waals surface area contributed by atoms with E-state index in [1.54, 1.807) is 0 Å². The largest absolute Gasteiger partial charge is 0.316 e. The van der Waals surface area contributed by atoms with E-state index in [-0.39, 0.29) is 0 Å². The summed E-state index contributed by atoms with van der Waals surface area (Å²) in [6.45, 7) is 3.10. The molecule has 3 rings (SSSR count). The number of benzene rings is 3. The molecule has 0 aliphatic rings. The summed E-state index contributed by atoms with van der Waals surface area (Å²) in [5.41, 5.74) is 5.26. The summed E-state index contributed by atoms with van der Waals surface area (Å²) in [6, 6.07) is 21.9. The van der Waals surface area contributed by atoms with Crippen LogP contribution in [0, 0.1) is 6.92 Å². The zero-order valence-corrected chi connectivity index (χ0v) is 12.0. The Hall–Kier alpha value is -2.12. The fourth-order valence-electron chi connectivity index (χ4n) is 2.72. The number of rotatable bonds is 3. The van der Waals surface area contributed by atoms with Gasteiger partial charge in [-0.25, -0.2) is 0 Å². The first-order valence-corrected chi connectivity index (χ1v) is 7.01. The molecule has 0 saturated carbocycles. The minimum Gasteiger partial charge on any atom is -0.316 e. The molecule has 3 aromatic carbocycles. The third-order valence-corrected chi connectivity index (χ3v) is 3.73. The molecule has 1 nitrogen and oxygen atoms in total. The highest BCUT2D eigenvalue weighted by Crippen LogP contribution is 2.27. The summed E-state index contributed by atoms with van der Waals surface area (Å²) in [5.74, 6) is 0. The molecule has 0 aliphatic carbocycles. The van der Waals surface area contributed by atoms with Crippen molar-refractivity contribution in [3.05, 3.63) is 71.8 Å². The molecule has 0 aromatic heterocycles. The minimum atomic E-state index is 0.916. The van der Waals surface area contributed by atoms with E-state index in [0.717, 1.165) is 6.54 Å². The zero-order valence-electron chi connectivity index (χ0n) is 12.0. The summed E-state index contributed by atoms with van der Waals surface area (Å²) in [6.07, 6.45) is 0. The van der Waals surface area contributed by atoms with Gasteiger partial charge in [0.15, 0.2) is 0 Å². The highest BCUT2D eigenvalue weighted by atomic mass is 14.8. The van der Waals surface area contributed by atoms with Crippen molar-refractivity contribution >= 4 is 10.8 Å². The van der Waals surface area contributed by atoms with Gasteiger partial charge in [0.1, 0.15) is 0 Å². The Kier molecular flexibility index (Phi) is 3.53. The zero-order chi connectivity index (χ0) is 13.9. The van der Waals surface area contributed by atoms with E-state index in [1.165, 1.54) is 33.0 Å². The van der Waals surface area contributed by atoms with Crippen LogP contribution in [0.4, 0.5) is 0 Å². The molecule has 0 unspecified atom stereocenters. The highest BCUT2D eigenvalue weighted by molar-refractivity contribution is 5.87. The van der Waals surface area contributed by atoms with Gasteiger partial charge in [0.05, 0.1) is 0 Å².